The molecule has 0 fully saturated rings. The van der Waals surface area contributed by atoms with Crippen LogP contribution in [0.1, 0.15) is 37.9 Å². The van der Waals surface area contributed by atoms with Crippen molar-refractivity contribution < 1.29 is 4.74 Å². The second-order valence-corrected chi connectivity index (χ2v) is 3.75. The summed E-state index contributed by atoms with van der Waals surface area (Å²) in [5.41, 5.74) is 6.73. The zero-order chi connectivity index (χ0) is 11.1. The molecule has 1 unspecified atom stereocenters. The fraction of sp³-hybridized carbons (Fsp3) is 0.727. The Morgan fingerprint density at radius 3 is 2.87 bits per heavy atom. The lowest BCUT2D eigenvalue weighted by Crippen LogP contribution is -2.16. The number of nitrogens with two attached hydrogens (primary N) is 1. The number of hydrogen-bond acceptors (Lipinski definition) is 3. The van der Waals surface area contributed by atoms with Gasteiger partial charge in [-0.2, -0.15) is 5.10 Å². The number of aromatic nitrogens is 2. The molecule has 0 saturated carbocycles. The minimum Gasteiger partial charge on any atom is -0.372 e. The topological polar surface area (TPSA) is 53.1 Å². The third-order valence-electron chi connectivity index (χ3n) is 2.38. The lowest BCUT2D eigenvalue weighted by molar-refractivity contribution is 0.0559. The fourth-order valence-corrected chi connectivity index (χ4v) is 1.48. The molecule has 0 bridgehead atoms. The quantitative estimate of drug-likeness (QED) is 0.697. The van der Waals surface area contributed by atoms with Crippen LogP contribution in [0, 0.1) is 0 Å². The smallest absolute Gasteiger partial charge is 0.0977 e. The summed E-state index contributed by atoms with van der Waals surface area (Å²) < 4.78 is 7.49. The maximum absolute atomic E-state index is 5.71. The summed E-state index contributed by atoms with van der Waals surface area (Å²) in [5.74, 6) is 0. The standard InChI is InChI=1S/C11H21N3O/c1-3-4-5-6-15-11(7-12)10-8-13-14(2)9-10/h8-9,11H,3-7,12H2,1-2H3. The minimum atomic E-state index is -0.00411. The first-order valence-electron chi connectivity index (χ1n) is 5.58. The Balaban J connectivity index is 2.35. The van der Waals surface area contributed by atoms with E-state index in [1.54, 1.807) is 4.68 Å². The zero-order valence-corrected chi connectivity index (χ0v) is 9.65. The van der Waals surface area contributed by atoms with Gasteiger partial charge in [0.15, 0.2) is 0 Å². The monoisotopic (exact) mass is 211 g/mol. The van der Waals surface area contributed by atoms with Crippen molar-refractivity contribution in [2.75, 3.05) is 13.2 Å². The first-order valence-corrected chi connectivity index (χ1v) is 5.58. The van der Waals surface area contributed by atoms with Crippen molar-refractivity contribution in [3.8, 4) is 0 Å². The highest BCUT2D eigenvalue weighted by molar-refractivity contribution is 5.08. The van der Waals surface area contributed by atoms with Gasteiger partial charge in [-0.05, 0) is 6.42 Å². The first-order chi connectivity index (χ1) is 7.27. The summed E-state index contributed by atoms with van der Waals surface area (Å²) in [6, 6.07) is 0. The fourth-order valence-electron chi connectivity index (χ4n) is 1.48. The highest BCUT2D eigenvalue weighted by atomic mass is 16.5. The summed E-state index contributed by atoms with van der Waals surface area (Å²) in [5, 5.41) is 4.11. The largest absolute Gasteiger partial charge is 0.372 e. The van der Waals surface area contributed by atoms with Gasteiger partial charge in [0.25, 0.3) is 0 Å². The van der Waals surface area contributed by atoms with Crippen LogP contribution in [0.4, 0.5) is 0 Å². The Morgan fingerprint density at radius 1 is 1.53 bits per heavy atom. The summed E-state index contributed by atoms with van der Waals surface area (Å²) in [7, 11) is 1.90. The van der Waals surface area contributed by atoms with E-state index in [0.29, 0.717) is 6.54 Å². The van der Waals surface area contributed by atoms with Crippen molar-refractivity contribution in [2.24, 2.45) is 12.8 Å². The maximum atomic E-state index is 5.71. The first kappa shape index (κ1) is 12.2. The SMILES string of the molecule is CCCCCOC(CN)c1cnn(C)c1. The second-order valence-electron chi connectivity index (χ2n) is 3.75. The van der Waals surface area contributed by atoms with Gasteiger partial charge in [0.05, 0.1) is 12.3 Å². The van der Waals surface area contributed by atoms with Gasteiger partial charge >= 0.3 is 0 Å². The molecule has 4 heteroatoms. The number of unbranched alkanes of at least 4 members (excludes halogenated alkanes) is 2. The summed E-state index contributed by atoms with van der Waals surface area (Å²) >= 11 is 0. The zero-order valence-electron chi connectivity index (χ0n) is 9.65. The van der Waals surface area contributed by atoms with Gasteiger partial charge in [-0.1, -0.05) is 19.8 Å². The van der Waals surface area contributed by atoms with E-state index in [1.807, 2.05) is 19.4 Å². The number of hydrogen-bond donors (Lipinski definition) is 1. The van der Waals surface area contributed by atoms with E-state index in [0.717, 1.165) is 18.6 Å². The van der Waals surface area contributed by atoms with Gasteiger partial charge in [0, 0.05) is 32.0 Å². The molecule has 0 saturated heterocycles. The second kappa shape index (κ2) is 6.58. The third-order valence-corrected chi connectivity index (χ3v) is 2.38. The summed E-state index contributed by atoms with van der Waals surface area (Å²) in [6.07, 6.45) is 7.30. The van der Waals surface area contributed by atoms with E-state index < -0.39 is 0 Å². The molecule has 0 aliphatic carbocycles. The molecule has 4 nitrogen and oxygen atoms in total. The van der Waals surface area contributed by atoms with Crippen molar-refractivity contribution in [2.45, 2.75) is 32.3 Å². The van der Waals surface area contributed by atoms with Gasteiger partial charge in [0.1, 0.15) is 0 Å². The molecular formula is C11H21N3O. The normalized spacial score (nSPS) is 13.0. The number of aryl methyl sites for hydroxylation is 1. The number of ether oxygens (including phenoxy) is 1. The Labute approximate surface area is 91.4 Å². The molecule has 0 radical (unpaired) electrons. The highest BCUT2D eigenvalue weighted by Crippen LogP contribution is 2.15. The molecule has 86 valence electrons. The molecule has 1 aromatic rings. The highest BCUT2D eigenvalue weighted by Gasteiger charge is 2.11. The Kier molecular flexibility index (Phi) is 5.36. The van der Waals surface area contributed by atoms with Crippen molar-refractivity contribution in [3.05, 3.63) is 18.0 Å². The van der Waals surface area contributed by atoms with Crippen molar-refractivity contribution in [3.63, 3.8) is 0 Å². The van der Waals surface area contributed by atoms with E-state index in [1.165, 1.54) is 12.8 Å². The van der Waals surface area contributed by atoms with Crippen molar-refractivity contribution >= 4 is 0 Å². The molecule has 1 heterocycles. The average molecular weight is 211 g/mol. The molecule has 1 rings (SSSR count). The van der Waals surface area contributed by atoms with Crippen molar-refractivity contribution in [1.29, 1.82) is 0 Å². The van der Waals surface area contributed by atoms with Gasteiger partial charge in [-0.3, -0.25) is 4.68 Å². The van der Waals surface area contributed by atoms with E-state index in [4.69, 9.17) is 10.5 Å². The Morgan fingerprint density at radius 2 is 2.33 bits per heavy atom. The molecule has 1 atom stereocenters. The van der Waals surface area contributed by atoms with Gasteiger partial charge in [0.2, 0.25) is 0 Å². The molecule has 0 aliphatic heterocycles. The average Bonchev–Trinajstić information content (AvgIpc) is 2.65. The van der Waals surface area contributed by atoms with Gasteiger partial charge in [-0.25, -0.2) is 0 Å². The number of rotatable bonds is 7. The van der Waals surface area contributed by atoms with E-state index in [9.17, 15) is 0 Å². The maximum Gasteiger partial charge on any atom is 0.0977 e. The lowest BCUT2D eigenvalue weighted by atomic mass is 10.2. The van der Waals surface area contributed by atoms with E-state index >= 15 is 0 Å². The summed E-state index contributed by atoms with van der Waals surface area (Å²) in [4.78, 5) is 0. The Hall–Kier alpha value is -0.870. The van der Waals surface area contributed by atoms with E-state index in [-0.39, 0.29) is 6.10 Å². The molecule has 1 aromatic heterocycles. The van der Waals surface area contributed by atoms with Gasteiger partial charge in [-0.15, -0.1) is 0 Å². The van der Waals surface area contributed by atoms with Crippen LogP contribution in [0.3, 0.4) is 0 Å². The van der Waals surface area contributed by atoms with Crippen molar-refractivity contribution in [1.82, 2.24) is 9.78 Å². The predicted octanol–water partition coefficient (Wildman–Crippen LogP) is 1.63. The molecule has 0 aliphatic rings. The lowest BCUT2D eigenvalue weighted by Gasteiger charge is -2.13. The van der Waals surface area contributed by atoms with Crippen LogP contribution in [0.15, 0.2) is 12.4 Å². The van der Waals surface area contributed by atoms with Crippen LogP contribution in [-0.4, -0.2) is 22.9 Å². The van der Waals surface area contributed by atoms with Gasteiger partial charge < -0.3 is 10.5 Å². The molecule has 15 heavy (non-hydrogen) atoms. The molecule has 0 spiro atoms. The minimum absolute atomic E-state index is 0.00411. The van der Waals surface area contributed by atoms with Crippen LogP contribution in [0.25, 0.3) is 0 Å². The molecule has 0 amide bonds. The molecule has 2 N–H and O–H groups in total. The molecule has 0 aromatic carbocycles. The van der Waals surface area contributed by atoms with Crippen LogP contribution in [0.5, 0.6) is 0 Å². The summed E-state index contributed by atoms with van der Waals surface area (Å²) in [6.45, 7) is 3.48. The number of nitrogens with zero attached hydrogens (tertiary/aromatic N) is 2. The third kappa shape index (κ3) is 4.01. The Bertz CT molecular complexity index is 273. The predicted molar refractivity (Wildman–Crippen MR) is 60.5 cm³/mol. The van der Waals surface area contributed by atoms with Crippen LogP contribution in [0.2, 0.25) is 0 Å². The van der Waals surface area contributed by atoms with Crippen LogP contribution >= 0.6 is 0 Å². The van der Waals surface area contributed by atoms with Crippen LogP contribution in [-0.2, 0) is 11.8 Å². The molecular weight excluding hydrogens is 190 g/mol. The van der Waals surface area contributed by atoms with E-state index in [2.05, 4.69) is 12.0 Å². The van der Waals surface area contributed by atoms with Crippen LogP contribution < -0.4 is 5.73 Å².